The predicted octanol–water partition coefficient (Wildman–Crippen LogP) is 10.7. The van der Waals surface area contributed by atoms with Gasteiger partial charge >= 0.3 is 29.8 Å². The van der Waals surface area contributed by atoms with Gasteiger partial charge in [-0.2, -0.15) is 0 Å². The number of amides is 3. The van der Waals surface area contributed by atoms with E-state index in [1.165, 1.54) is 17.0 Å². The van der Waals surface area contributed by atoms with Gasteiger partial charge in [-0.3, -0.25) is 52.8 Å². The van der Waals surface area contributed by atoms with E-state index in [1.807, 2.05) is 64.0 Å². The molecule has 12 unspecified atom stereocenters. The Bertz CT molecular complexity index is 3660. The molecule has 512 valence electrons. The van der Waals surface area contributed by atoms with Gasteiger partial charge in [0, 0.05) is 24.2 Å². The van der Waals surface area contributed by atoms with Crippen LogP contribution in [0.1, 0.15) is 131 Å². The lowest BCUT2D eigenvalue weighted by molar-refractivity contribution is -0.160. The lowest BCUT2D eigenvalue weighted by Gasteiger charge is -2.37. The monoisotopic (exact) mass is 1320 g/mol. The average molecular weight is 1320 g/mol. The molecule has 6 aromatic carbocycles. The van der Waals surface area contributed by atoms with Gasteiger partial charge in [0.15, 0.2) is 11.6 Å². The first-order valence-electron chi connectivity index (χ1n) is 33.4. The van der Waals surface area contributed by atoms with Gasteiger partial charge in [-0.05, 0) is 157 Å². The molecule has 2 aliphatic rings. The lowest BCUT2D eigenvalue weighted by Crippen LogP contribution is -2.44. The van der Waals surface area contributed by atoms with E-state index in [0.717, 1.165) is 5.56 Å². The first-order valence-corrected chi connectivity index (χ1v) is 33.4. The molecule has 19 nitrogen and oxygen atoms in total. The molecule has 3 amide bonds. The number of likely N-dealkylation sites (tertiary alicyclic amines) is 1. The minimum absolute atomic E-state index is 0.0237. The maximum absolute atomic E-state index is 15.9. The third-order valence-corrected chi connectivity index (χ3v) is 19.2. The number of carbonyl (C=O) groups excluding carboxylic acids is 8. The number of imide groups is 1. The summed E-state index contributed by atoms with van der Waals surface area (Å²) in [7, 11) is 7.48. The number of nitrogens with one attached hydrogen (secondary N) is 1. The van der Waals surface area contributed by atoms with E-state index >= 15 is 19.2 Å². The molecule has 0 radical (unpaired) electrons. The fraction of sp³-hybridized carbons (Fsp3) is 0.410. The number of benzene rings is 6. The number of ether oxygens (including phenoxy) is 3. The van der Waals surface area contributed by atoms with Crippen molar-refractivity contribution in [1.29, 1.82) is 0 Å². The molecule has 0 aliphatic carbocycles. The van der Waals surface area contributed by atoms with E-state index in [2.05, 4.69) is 5.32 Å². The molecule has 2 fully saturated rings. The topological polar surface area (TPSA) is 261 Å². The van der Waals surface area contributed by atoms with Crippen LogP contribution in [-0.2, 0) is 47.8 Å². The summed E-state index contributed by atoms with van der Waals surface area (Å²) in [5.74, 6) is -22.2. The number of carboxylic acid groups (broad SMARTS) is 2. The van der Waals surface area contributed by atoms with Crippen molar-refractivity contribution in [1.82, 2.24) is 20.0 Å². The fourth-order valence-electron chi connectivity index (χ4n) is 14.2. The quantitative estimate of drug-likeness (QED) is 0.0108. The van der Waals surface area contributed by atoms with Crippen LogP contribution in [0.2, 0.25) is 0 Å². The highest BCUT2D eigenvalue weighted by atomic mass is 16.6. The van der Waals surface area contributed by atoms with Crippen molar-refractivity contribution in [3.63, 3.8) is 0 Å². The molecule has 0 spiro atoms. The Balaban J connectivity index is 1.18. The molecule has 0 bridgehead atoms. The first kappa shape index (κ1) is 73.4. The third kappa shape index (κ3) is 19.0. The Hall–Kier alpha value is -9.46. The molecular formula is C78H90N4O15. The summed E-state index contributed by atoms with van der Waals surface area (Å²) >= 11 is 0. The molecule has 0 aromatic heterocycles. The van der Waals surface area contributed by atoms with E-state index in [0.29, 0.717) is 65.1 Å². The predicted molar refractivity (Wildman–Crippen MR) is 364 cm³/mol. The number of aryl methyl sites for hydroxylation is 1. The van der Waals surface area contributed by atoms with Gasteiger partial charge in [0.1, 0.15) is 19.0 Å². The molecule has 97 heavy (non-hydrogen) atoms. The van der Waals surface area contributed by atoms with Crippen LogP contribution < -0.4 is 10.1 Å². The second-order valence-electron chi connectivity index (χ2n) is 26.2. The summed E-state index contributed by atoms with van der Waals surface area (Å²) in [6.45, 7) is 5.97. The van der Waals surface area contributed by atoms with E-state index in [9.17, 15) is 39.0 Å². The summed E-state index contributed by atoms with van der Waals surface area (Å²) in [5, 5.41) is 26.6. The zero-order chi connectivity index (χ0) is 69.9. The number of cyclic esters (lactones) is 2. The maximum atomic E-state index is 15.9. The average Bonchev–Trinajstić information content (AvgIpc) is 1.66. The van der Waals surface area contributed by atoms with Crippen LogP contribution in [0, 0.1) is 54.3 Å². The zero-order valence-electron chi connectivity index (χ0n) is 56.3. The summed E-state index contributed by atoms with van der Waals surface area (Å²) in [4.78, 5) is 150. The van der Waals surface area contributed by atoms with Crippen LogP contribution in [0.4, 0.5) is 0 Å². The normalized spacial score (nSPS) is 18.7. The summed E-state index contributed by atoms with van der Waals surface area (Å²) in [6.07, 6.45) is -0.214. The number of nitrogens with zero attached hydrogens (tertiary/aromatic N) is 3. The van der Waals surface area contributed by atoms with Crippen molar-refractivity contribution in [2.75, 3.05) is 67.6 Å². The van der Waals surface area contributed by atoms with Gasteiger partial charge < -0.3 is 39.5 Å². The van der Waals surface area contributed by atoms with Crippen LogP contribution in [0.25, 0.3) is 0 Å². The van der Waals surface area contributed by atoms with Gasteiger partial charge in [-0.25, -0.2) is 0 Å². The van der Waals surface area contributed by atoms with Gasteiger partial charge in [-0.1, -0.05) is 165 Å². The Kier molecular flexibility index (Phi) is 26.5. The Labute approximate surface area is 567 Å². The molecule has 12 atom stereocenters. The molecule has 3 N–H and O–H groups in total. The number of hydrogen-bond donors (Lipinski definition) is 3. The molecule has 8 rings (SSSR count). The molecule has 0 saturated carbocycles. The van der Waals surface area contributed by atoms with Crippen LogP contribution in [-0.4, -0.2) is 152 Å². The number of ketones is 2. The third-order valence-electron chi connectivity index (χ3n) is 19.2. The molecule has 2 saturated heterocycles. The van der Waals surface area contributed by atoms with E-state index < -0.39 is 119 Å². The van der Waals surface area contributed by atoms with Crippen molar-refractivity contribution in [2.45, 2.75) is 89.4 Å². The lowest BCUT2D eigenvalue weighted by atomic mass is 9.64. The number of carboxylic acids is 2. The SMILES string of the molecule is CCC(c1ccccc1)C(C(=O)OCCOc1ccc(C(=O)CC(=O)c2ccc(C)cc2)cc1)C(CC(c1ccccc1)C1C(=O)N(CCCN(C)C)C(=O)C1CC(c1ccccc1)C(C(=O)NCCCN(C)C)C(CC(c1ccccc1)C1C(=O)OC(=O)C1C)C(=O)O)C(=O)O. The van der Waals surface area contributed by atoms with Crippen LogP contribution >= 0.6 is 0 Å². The van der Waals surface area contributed by atoms with E-state index in [4.69, 9.17) is 14.2 Å². The highest BCUT2D eigenvalue weighted by Gasteiger charge is 2.56. The number of aliphatic carboxylic acids is 2. The second kappa shape index (κ2) is 35.0. The second-order valence-corrected chi connectivity index (χ2v) is 26.2. The summed E-state index contributed by atoms with van der Waals surface area (Å²) in [5.41, 5.74) is 3.87. The van der Waals surface area contributed by atoms with Crippen LogP contribution in [0.5, 0.6) is 5.75 Å². The Morgan fingerprint density at radius 3 is 1.53 bits per heavy atom. The van der Waals surface area contributed by atoms with Gasteiger partial charge in [0.2, 0.25) is 17.7 Å². The summed E-state index contributed by atoms with van der Waals surface area (Å²) < 4.78 is 17.2. The Morgan fingerprint density at radius 1 is 0.567 bits per heavy atom. The van der Waals surface area contributed by atoms with Crippen molar-refractivity contribution in [3.05, 3.63) is 209 Å². The highest BCUT2D eigenvalue weighted by molar-refractivity contribution is 6.13. The minimum Gasteiger partial charge on any atom is -0.490 e. The minimum atomic E-state index is -1.60. The summed E-state index contributed by atoms with van der Waals surface area (Å²) in [6, 6.07) is 48.3. The maximum Gasteiger partial charge on any atom is 0.318 e. The molecule has 6 aromatic rings. The van der Waals surface area contributed by atoms with Crippen molar-refractivity contribution >= 4 is 59.1 Å². The van der Waals surface area contributed by atoms with E-state index in [-0.39, 0.29) is 70.0 Å². The largest absolute Gasteiger partial charge is 0.490 e. The van der Waals surface area contributed by atoms with Crippen molar-refractivity contribution < 1.29 is 72.4 Å². The number of Topliss-reactive ketones (excluding diaryl/α,β-unsaturated/α-hetero) is 2. The fourth-order valence-corrected chi connectivity index (χ4v) is 14.2. The van der Waals surface area contributed by atoms with Crippen LogP contribution in [0.3, 0.4) is 0 Å². The molecule has 2 heterocycles. The number of carbonyl (C=O) groups is 10. The smallest absolute Gasteiger partial charge is 0.318 e. The Morgan fingerprint density at radius 2 is 1.04 bits per heavy atom. The molecule has 2 aliphatic heterocycles. The number of rotatable bonds is 37. The van der Waals surface area contributed by atoms with E-state index in [1.54, 1.807) is 153 Å². The van der Waals surface area contributed by atoms with Crippen molar-refractivity contribution in [2.24, 2.45) is 47.3 Å². The number of esters is 3. The molecule has 19 heteroatoms. The zero-order valence-corrected chi connectivity index (χ0v) is 56.3. The van der Waals surface area contributed by atoms with Crippen molar-refractivity contribution in [3.8, 4) is 5.75 Å². The molecular weight excluding hydrogens is 1230 g/mol. The highest BCUT2D eigenvalue weighted by Crippen LogP contribution is 2.51. The van der Waals surface area contributed by atoms with Crippen LogP contribution in [0.15, 0.2) is 170 Å². The van der Waals surface area contributed by atoms with Gasteiger partial charge in [0.25, 0.3) is 0 Å². The number of hydrogen-bond acceptors (Lipinski definition) is 15. The van der Waals surface area contributed by atoms with Gasteiger partial charge in [0.05, 0.1) is 53.8 Å². The first-order chi connectivity index (χ1) is 46.6. The standard InChI is InChI=1S/C78H90N4O15/c1-8-58(51-23-13-9-14-24-51)70(77(93)96-44-43-95-57-37-35-56(36-38-57)66(84)48-65(83)55-33-31-49(2)32-34-55)64(75(90)91)47-61(54-29-19-12-20-30-54)69-62(72(86)82(73(69)87)42-22-41-81(6)7)45-60(53-27-17-11-18-28-53)68(71(85)79-39-21-40-80(4)5)63(74(88)89)46-59(52-25-15-10-16-26-52)67-50(3)76(92)97-78(67)94/h9-20,23-38,50,58-64,67-70H,8,21-22,39-48H2,1-7H3,(H,79,85)(H,88,89)(H,90,91). The van der Waals surface area contributed by atoms with Gasteiger partial charge in [-0.15, -0.1) is 0 Å².